The summed E-state index contributed by atoms with van der Waals surface area (Å²) >= 11 is 0. The molecule has 2 amide bonds. The smallest absolute Gasteiger partial charge is 0.321 e. The van der Waals surface area contributed by atoms with Gasteiger partial charge in [0, 0.05) is 30.8 Å². The van der Waals surface area contributed by atoms with Crippen LogP contribution in [0.15, 0.2) is 64.0 Å². The topological polar surface area (TPSA) is 62.6 Å². The number of hydrogen-bond donors (Lipinski definition) is 1. The molecule has 2 aromatic carbocycles. The maximum absolute atomic E-state index is 13.3. The van der Waals surface area contributed by atoms with Crippen molar-refractivity contribution < 1.29 is 13.6 Å². The van der Waals surface area contributed by atoms with Crippen LogP contribution in [0, 0.1) is 5.82 Å². The molecule has 0 unspecified atom stereocenters. The fraction of sp³-hybridized carbons (Fsp3) is 0.158. The second kappa shape index (κ2) is 6.05. The summed E-state index contributed by atoms with van der Waals surface area (Å²) < 4.78 is 18.5. The van der Waals surface area contributed by atoms with E-state index in [-0.39, 0.29) is 23.2 Å². The molecule has 0 atom stereocenters. The van der Waals surface area contributed by atoms with Gasteiger partial charge in [-0.05, 0) is 35.9 Å². The van der Waals surface area contributed by atoms with Gasteiger partial charge in [-0.25, -0.2) is 9.18 Å². The van der Waals surface area contributed by atoms with Gasteiger partial charge in [0.1, 0.15) is 11.4 Å². The van der Waals surface area contributed by atoms with Crippen LogP contribution in [0.1, 0.15) is 11.5 Å². The molecule has 5 nitrogen and oxygen atoms in total. The van der Waals surface area contributed by atoms with Crippen LogP contribution in [0.25, 0.3) is 11.0 Å². The fourth-order valence-electron chi connectivity index (χ4n) is 2.98. The Morgan fingerprint density at radius 1 is 1.16 bits per heavy atom. The van der Waals surface area contributed by atoms with Crippen LogP contribution >= 0.6 is 0 Å². The van der Waals surface area contributed by atoms with E-state index in [9.17, 15) is 14.0 Å². The largest absolute Gasteiger partial charge is 0.464 e. The number of rotatable bonds is 2. The Morgan fingerprint density at radius 2 is 2.00 bits per heavy atom. The van der Waals surface area contributed by atoms with E-state index in [1.807, 2.05) is 6.07 Å². The molecular weight excluding hydrogens is 323 g/mol. The van der Waals surface area contributed by atoms with Crippen LogP contribution in [0.2, 0.25) is 0 Å². The molecule has 1 fully saturated rings. The van der Waals surface area contributed by atoms with E-state index in [1.54, 1.807) is 29.2 Å². The van der Waals surface area contributed by atoms with Gasteiger partial charge in [-0.2, -0.15) is 0 Å². The zero-order valence-electron chi connectivity index (χ0n) is 13.2. The third-order valence-corrected chi connectivity index (χ3v) is 4.40. The molecule has 3 aromatic rings. The lowest BCUT2D eigenvalue weighted by Crippen LogP contribution is -2.50. The Bertz CT molecular complexity index is 1010. The summed E-state index contributed by atoms with van der Waals surface area (Å²) in [4.78, 5) is 25.8. The zero-order valence-corrected chi connectivity index (χ0v) is 13.2. The van der Waals surface area contributed by atoms with Gasteiger partial charge in [-0.15, -0.1) is 0 Å². The highest BCUT2D eigenvalue weighted by Gasteiger charge is 2.31. The maximum Gasteiger partial charge on any atom is 0.321 e. The summed E-state index contributed by atoms with van der Waals surface area (Å²) in [5.74, 6) is -0.125. The van der Waals surface area contributed by atoms with E-state index in [2.05, 4.69) is 5.32 Å². The minimum Gasteiger partial charge on any atom is -0.464 e. The highest BCUT2D eigenvalue weighted by molar-refractivity contribution is 5.92. The molecule has 126 valence electrons. The lowest BCUT2D eigenvalue weighted by atomic mass is 9.92. The molecular formula is C19H15FN2O3. The highest BCUT2D eigenvalue weighted by Crippen LogP contribution is 2.28. The van der Waals surface area contributed by atoms with Crippen LogP contribution in [0.3, 0.4) is 0 Å². The molecule has 0 radical (unpaired) electrons. The molecule has 0 aliphatic carbocycles. The quantitative estimate of drug-likeness (QED) is 0.777. The van der Waals surface area contributed by atoms with Crippen molar-refractivity contribution in [2.24, 2.45) is 0 Å². The van der Waals surface area contributed by atoms with Crippen molar-refractivity contribution in [2.45, 2.75) is 5.92 Å². The molecule has 0 saturated carbocycles. The number of nitrogens with one attached hydrogen (secondary N) is 1. The number of fused-ring (bicyclic) bond motifs is 1. The number of nitrogens with zero attached hydrogens (tertiary/aromatic N) is 1. The van der Waals surface area contributed by atoms with Gasteiger partial charge in [0.05, 0.1) is 11.6 Å². The molecule has 1 aliphatic heterocycles. The van der Waals surface area contributed by atoms with Crippen LogP contribution in [-0.2, 0) is 0 Å². The van der Waals surface area contributed by atoms with Gasteiger partial charge < -0.3 is 14.6 Å². The van der Waals surface area contributed by atoms with Gasteiger partial charge in [0.15, 0.2) is 5.43 Å². The first kappa shape index (κ1) is 15.4. The number of carbonyl (C=O) groups is 1. The lowest BCUT2D eigenvalue weighted by molar-refractivity contribution is 0.164. The summed E-state index contributed by atoms with van der Waals surface area (Å²) in [6.45, 7) is 1.07. The normalized spacial score (nSPS) is 14.4. The molecule has 2 heterocycles. The number of urea groups is 1. The first-order valence-electron chi connectivity index (χ1n) is 7.93. The lowest BCUT2D eigenvalue weighted by Gasteiger charge is -2.39. The average molecular weight is 338 g/mol. The van der Waals surface area contributed by atoms with Gasteiger partial charge >= 0.3 is 6.03 Å². The zero-order chi connectivity index (χ0) is 17.4. The van der Waals surface area contributed by atoms with Gasteiger partial charge in [0.25, 0.3) is 0 Å². The highest BCUT2D eigenvalue weighted by atomic mass is 19.1. The molecule has 6 heteroatoms. The minimum absolute atomic E-state index is 0.144. The standard InChI is InChI=1S/C19H15FN2O3/c20-14-3-1-2-12(8-14)13-10-22(11-13)19(24)21-15-4-5-18-16(9-15)17(23)6-7-25-18/h1-9,13H,10-11H2,(H,21,24). The van der Waals surface area contributed by atoms with Crippen LogP contribution in [0.5, 0.6) is 0 Å². The Morgan fingerprint density at radius 3 is 2.80 bits per heavy atom. The third-order valence-electron chi connectivity index (χ3n) is 4.40. The summed E-state index contributed by atoms with van der Waals surface area (Å²) in [6, 6.07) is 12.5. The van der Waals surface area contributed by atoms with Crippen LogP contribution in [-0.4, -0.2) is 24.0 Å². The Kier molecular flexibility index (Phi) is 3.72. The summed E-state index contributed by atoms with van der Waals surface area (Å²) in [5.41, 5.74) is 1.74. The van der Waals surface area contributed by atoms with E-state index in [1.165, 1.54) is 24.5 Å². The fourth-order valence-corrected chi connectivity index (χ4v) is 2.98. The van der Waals surface area contributed by atoms with Crippen LogP contribution in [0.4, 0.5) is 14.9 Å². The molecule has 1 saturated heterocycles. The first-order chi connectivity index (χ1) is 12.1. The third kappa shape index (κ3) is 2.98. The Hall–Kier alpha value is -3.15. The first-order valence-corrected chi connectivity index (χ1v) is 7.93. The summed E-state index contributed by atoms with van der Waals surface area (Å²) in [6.07, 6.45) is 1.34. The number of anilines is 1. The van der Waals surface area contributed by atoms with E-state index in [4.69, 9.17) is 4.42 Å². The average Bonchev–Trinajstić information content (AvgIpc) is 2.54. The predicted molar refractivity (Wildman–Crippen MR) is 92.2 cm³/mol. The molecule has 1 aromatic heterocycles. The Labute approximate surface area is 142 Å². The second-order valence-corrected chi connectivity index (χ2v) is 6.08. The second-order valence-electron chi connectivity index (χ2n) is 6.08. The molecule has 1 aliphatic rings. The SMILES string of the molecule is O=C(Nc1ccc2occc(=O)c2c1)N1CC(c2cccc(F)c2)C1. The van der Waals surface area contributed by atoms with Gasteiger partial charge in [-0.3, -0.25) is 4.79 Å². The van der Waals surface area contributed by atoms with Crippen molar-refractivity contribution in [1.29, 1.82) is 0 Å². The summed E-state index contributed by atoms with van der Waals surface area (Å²) in [7, 11) is 0. The number of likely N-dealkylation sites (tertiary alicyclic amines) is 1. The van der Waals surface area contributed by atoms with Crippen molar-refractivity contribution in [2.75, 3.05) is 18.4 Å². The predicted octanol–water partition coefficient (Wildman–Crippen LogP) is 3.56. The minimum atomic E-state index is -0.268. The van der Waals surface area contributed by atoms with Crippen molar-refractivity contribution in [1.82, 2.24) is 4.90 Å². The van der Waals surface area contributed by atoms with Gasteiger partial charge in [-0.1, -0.05) is 12.1 Å². The monoisotopic (exact) mass is 338 g/mol. The number of hydrogen-bond acceptors (Lipinski definition) is 3. The maximum atomic E-state index is 13.3. The van der Waals surface area contributed by atoms with Crippen molar-refractivity contribution in [3.8, 4) is 0 Å². The number of carbonyl (C=O) groups excluding carboxylic acids is 1. The molecule has 25 heavy (non-hydrogen) atoms. The summed E-state index contributed by atoms with van der Waals surface area (Å²) in [5, 5.41) is 3.20. The van der Waals surface area contributed by atoms with Crippen molar-refractivity contribution in [3.05, 3.63) is 76.4 Å². The van der Waals surface area contributed by atoms with E-state index in [0.717, 1.165) is 5.56 Å². The molecule has 4 rings (SSSR count). The van der Waals surface area contributed by atoms with E-state index < -0.39 is 0 Å². The van der Waals surface area contributed by atoms with E-state index >= 15 is 0 Å². The molecule has 0 spiro atoms. The van der Waals surface area contributed by atoms with Crippen molar-refractivity contribution in [3.63, 3.8) is 0 Å². The molecule has 1 N–H and O–H groups in total. The number of halogens is 1. The van der Waals surface area contributed by atoms with Crippen LogP contribution < -0.4 is 10.7 Å². The van der Waals surface area contributed by atoms with Crippen molar-refractivity contribution >= 4 is 22.7 Å². The number of amides is 2. The number of benzene rings is 2. The Balaban J connectivity index is 1.43. The van der Waals surface area contributed by atoms with E-state index in [0.29, 0.717) is 29.7 Å². The van der Waals surface area contributed by atoms with Gasteiger partial charge in [0.2, 0.25) is 0 Å². The molecule has 0 bridgehead atoms.